The van der Waals surface area contributed by atoms with Crippen molar-refractivity contribution in [1.82, 2.24) is 0 Å². The number of benzene rings is 2. The maximum Gasteiger partial charge on any atom is 0.151 e. The van der Waals surface area contributed by atoms with Crippen LogP contribution in [0.15, 0.2) is 36.4 Å². The minimum atomic E-state index is -5.50. The number of halogens is 2. The predicted octanol–water partition coefficient (Wildman–Crippen LogP) is 0.603. The second-order valence-electron chi connectivity index (χ2n) is 4.62. The smallest absolute Gasteiger partial charge is 0.151 e. The van der Waals surface area contributed by atoms with E-state index in [9.17, 15) is 37.5 Å². The molecule has 2 atom stereocenters. The number of alkyl halides is 2. The monoisotopic (exact) mass is 348 g/mol. The van der Waals surface area contributed by atoms with Crippen molar-refractivity contribution in [2.24, 2.45) is 0 Å². The molecule has 120 valence electrons. The highest BCUT2D eigenvalue weighted by molar-refractivity contribution is 7.49. The Balaban J connectivity index is 2.52. The third kappa shape index (κ3) is 3.60. The van der Waals surface area contributed by atoms with Crippen LogP contribution < -0.4 is 19.6 Å². The van der Waals surface area contributed by atoms with Crippen LogP contribution in [0.25, 0.3) is 10.8 Å². The minimum absolute atomic E-state index is 0.0993. The Bertz CT molecular complexity index is 737. The zero-order valence-electron chi connectivity index (χ0n) is 10.7. The van der Waals surface area contributed by atoms with Gasteiger partial charge in [-0.2, -0.15) is 0 Å². The highest BCUT2D eigenvalue weighted by Crippen LogP contribution is 2.47. The topological polar surface area (TPSA) is 126 Å². The SMILES string of the molecule is O=P([O-])([O-])C(F)c1ccc2ccc(C(F)P(=O)([O-])[O-])cc2c1. The summed E-state index contributed by atoms with van der Waals surface area (Å²) in [4.78, 5) is 42.8. The van der Waals surface area contributed by atoms with Crippen molar-refractivity contribution < 1.29 is 37.5 Å². The maximum absolute atomic E-state index is 13.5. The highest BCUT2D eigenvalue weighted by atomic mass is 31.2. The summed E-state index contributed by atoms with van der Waals surface area (Å²) in [6.45, 7) is 0. The van der Waals surface area contributed by atoms with E-state index < -0.39 is 38.1 Å². The second kappa shape index (κ2) is 5.81. The number of rotatable bonds is 4. The van der Waals surface area contributed by atoms with Gasteiger partial charge in [0.1, 0.15) is 0 Å². The number of hydrogen-bond acceptors (Lipinski definition) is 6. The molecule has 0 radical (unpaired) electrons. The van der Waals surface area contributed by atoms with Gasteiger partial charge in [-0.1, -0.05) is 24.3 Å². The Kier molecular flexibility index (Phi) is 4.55. The first-order valence-electron chi connectivity index (χ1n) is 5.85. The molecule has 2 aromatic rings. The Morgan fingerprint density at radius 2 is 1.09 bits per heavy atom. The number of fused-ring (bicyclic) bond motifs is 1. The molecule has 0 aliphatic heterocycles. The van der Waals surface area contributed by atoms with Gasteiger partial charge in [0.2, 0.25) is 0 Å². The van der Waals surface area contributed by atoms with E-state index >= 15 is 0 Å². The van der Waals surface area contributed by atoms with Crippen molar-refractivity contribution in [3.8, 4) is 0 Å². The summed E-state index contributed by atoms with van der Waals surface area (Å²) in [7, 11) is -11.0. The molecule has 0 fully saturated rings. The molecule has 0 saturated heterocycles. The second-order valence-corrected chi connectivity index (χ2v) is 7.68. The summed E-state index contributed by atoms with van der Waals surface area (Å²) in [5, 5.41) is 0.521. The molecule has 0 heterocycles. The summed E-state index contributed by atoms with van der Waals surface area (Å²) < 4.78 is 48.4. The molecule has 0 spiro atoms. The zero-order valence-corrected chi connectivity index (χ0v) is 12.5. The fourth-order valence-corrected chi connectivity index (χ4v) is 3.00. The van der Waals surface area contributed by atoms with E-state index in [1.165, 1.54) is 12.1 Å². The first-order valence-corrected chi connectivity index (χ1v) is 9.08. The molecule has 0 aromatic heterocycles. The minimum Gasteiger partial charge on any atom is -0.808 e. The van der Waals surface area contributed by atoms with Gasteiger partial charge >= 0.3 is 0 Å². The van der Waals surface area contributed by atoms with Crippen molar-refractivity contribution in [3.05, 3.63) is 47.5 Å². The Morgan fingerprint density at radius 1 is 0.727 bits per heavy atom. The Morgan fingerprint density at radius 3 is 1.41 bits per heavy atom. The van der Waals surface area contributed by atoms with Gasteiger partial charge in [0.15, 0.2) is 11.8 Å². The van der Waals surface area contributed by atoms with E-state index in [4.69, 9.17) is 0 Å². The largest absolute Gasteiger partial charge is 0.808 e. The van der Waals surface area contributed by atoms with Crippen LogP contribution in [-0.2, 0) is 9.13 Å². The quantitative estimate of drug-likeness (QED) is 0.745. The van der Waals surface area contributed by atoms with E-state index in [2.05, 4.69) is 0 Å². The lowest BCUT2D eigenvalue weighted by atomic mass is 10.0. The molecule has 2 rings (SSSR count). The van der Waals surface area contributed by atoms with Gasteiger partial charge in [0, 0.05) is 0 Å². The average Bonchev–Trinajstić information content (AvgIpc) is 2.42. The summed E-state index contributed by atoms with van der Waals surface area (Å²) in [6, 6.07) is 6.70. The van der Waals surface area contributed by atoms with Gasteiger partial charge in [-0.05, 0) is 49.2 Å². The first-order chi connectivity index (χ1) is 10.00. The lowest BCUT2D eigenvalue weighted by Gasteiger charge is -2.33. The van der Waals surface area contributed by atoms with Crippen LogP contribution in [0.5, 0.6) is 0 Å². The van der Waals surface area contributed by atoms with Crippen LogP contribution in [0.3, 0.4) is 0 Å². The molecular weight excluding hydrogens is 340 g/mol. The van der Waals surface area contributed by atoms with Gasteiger partial charge in [0.05, 0.1) is 0 Å². The third-order valence-electron chi connectivity index (χ3n) is 2.99. The van der Waals surface area contributed by atoms with E-state index in [1.54, 1.807) is 0 Å². The molecule has 2 unspecified atom stereocenters. The van der Waals surface area contributed by atoms with Gasteiger partial charge < -0.3 is 28.7 Å². The molecule has 10 heteroatoms. The van der Waals surface area contributed by atoms with E-state index in [1.807, 2.05) is 0 Å². The molecule has 0 amide bonds. The van der Waals surface area contributed by atoms with E-state index in [0.717, 1.165) is 24.3 Å². The van der Waals surface area contributed by atoms with Crippen molar-refractivity contribution in [2.45, 2.75) is 11.8 Å². The average molecular weight is 348 g/mol. The third-order valence-corrected chi connectivity index (χ3v) is 4.70. The summed E-state index contributed by atoms with van der Waals surface area (Å²) in [5.41, 5.74) is -0.915. The fraction of sp³-hybridized carbons (Fsp3) is 0.167. The van der Waals surface area contributed by atoms with Crippen molar-refractivity contribution in [2.75, 3.05) is 0 Å². The van der Waals surface area contributed by atoms with Crippen LogP contribution in [0.1, 0.15) is 23.0 Å². The van der Waals surface area contributed by atoms with Crippen LogP contribution in [0, 0.1) is 0 Å². The Labute approximate surface area is 123 Å². The predicted molar refractivity (Wildman–Crippen MR) is 66.9 cm³/mol. The summed E-state index contributed by atoms with van der Waals surface area (Å²) >= 11 is 0. The molecule has 0 aliphatic carbocycles. The molecule has 6 nitrogen and oxygen atoms in total. The lowest BCUT2D eigenvalue weighted by Crippen LogP contribution is -2.18. The van der Waals surface area contributed by atoms with Gasteiger partial charge in [-0.25, -0.2) is 8.78 Å². The van der Waals surface area contributed by atoms with Gasteiger partial charge in [-0.15, -0.1) is 0 Å². The van der Waals surface area contributed by atoms with Crippen LogP contribution in [-0.4, -0.2) is 0 Å². The molecule has 22 heavy (non-hydrogen) atoms. The summed E-state index contributed by atoms with van der Waals surface area (Å²) in [6.07, 6.45) is 0. The van der Waals surface area contributed by atoms with Crippen molar-refractivity contribution >= 4 is 26.0 Å². The number of hydrogen-bond donors (Lipinski definition) is 0. The maximum atomic E-state index is 13.5. The van der Waals surface area contributed by atoms with Gasteiger partial charge in [-0.3, -0.25) is 0 Å². The molecule has 0 bridgehead atoms. The highest BCUT2D eigenvalue weighted by Gasteiger charge is 2.17. The normalized spacial score (nSPS) is 15.7. The van der Waals surface area contributed by atoms with E-state index in [0.29, 0.717) is 5.39 Å². The molecular formula is C12H8F2O6P2-4. The van der Waals surface area contributed by atoms with Gasteiger partial charge in [0.25, 0.3) is 0 Å². The van der Waals surface area contributed by atoms with Crippen molar-refractivity contribution in [1.29, 1.82) is 0 Å². The standard InChI is InChI=1S/C12H12F2O6P2/c13-11(21(15,16)17)8-3-1-7-2-4-9(6-10(7)5-8)12(14)22(18,19)20/h1-6,11-12H,(H2,15,16,17)(H2,18,19,20)/p-4. The molecule has 0 N–H and O–H groups in total. The van der Waals surface area contributed by atoms with Crippen LogP contribution in [0.4, 0.5) is 8.78 Å². The van der Waals surface area contributed by atoms with Crippen molar-refractivity contribution in [3.63, 3.8) is 0 Å². The zero-order chi connectivity index (χ0) is 16.7. The first kappa shape index (κ1) is 17.2. The Hall–Kier alpha value is -1.14. The lowest BCUT2D eigenvalue weighted by molar-refractivity contribution is -0.322. The van der Waals surface area contributed by atoms with E-state index in [-0.39, 0.29) is 5.39 Å². The van der Waals surface area contributed by atoms with Crippen LogP contribution >= 0.6 is 15.2 Å². The fourth-order valence-electron chi connectivity index (χ4n) is 1.95. The van der Waals surface area contributed by atoms with Crippen LogP contribution in [0.2, 0.25) is 0 Å². The molecule has 2 aromatic carbocycles. The summed E-state index contributed by atoms with van der Waals surface area (Å²) in [5.74, 6) is -5.54. The molecule has 0 saturated carbocycles. The molecule has 0 aliphatic rings.